The van der Waals surface area contributed by atoms with Gasteiger partial charge >= 0.3 is 6.03 Å². The van der Waals surface area contributed by atoms with Crippen LogP contribution in [-0.2, 0) is 11.3 Å². The number of imide groups is 1. The minimum absolute atomic E-state index is 0.197. The summed E-state index contributed by atoms with van der Waals surface area (Å²) in [6.07, 6.45) is 1.74. The third-order valence-corrected chi connectivity index (χ3v) is 5.25. The molecule has 1 N–H and O–H groups in total. The van der Waals surface area contributed by atoms with Gasteiger partial charge in [-0.3, -0.25) is 9.69 Å². The first-order chi connectivity index (χ1) is 13.9. The van der Waals surface area contributed by atoms with Gasteiger partial charge in [0.25, 0.3) is 5.91 Å². The molecule has 0 radical (unpaired) electrons. The van der Waals surface area contributed by atoms with Crippen molar-refractivity contribution in [2.45, 2.75) is 20.4 Å². The minimum atomic E-state index is -0.423. The lowest BCUT2D eigenvalue weighted by molar-refractivity contribution is -0.123. The topological polar surface area (TPSA) is 54.3 Å². The number of para-hydroxylation sites is 1. The van der Waals surface area contributed by atoms with Gasteiger partial charge in [-0.05, 0) is 61.4 Å². The maximum absolute atomic E-state index is 12.8. The van der Waals surface area contributed by atoms with E-state index in [1.165, 1.54) is 4.90 Å². The maximum atomic E-state index is 12.8. The van der Waals surface area contributed by atoms with Crippen LogP contribution in [0.5, 0.6) is 0 Å². The average molecular weight is 406 g/mol. The summed E-state index contributed by atoms with van der Waals surface area (Å²) in [5, 5.41) is 3.30. The summed E-state index contributed by atoms with van der Waals surface area (Å²) in [5.41, 5.74) is 5.11. The Bertz CT molecular complexity index is 1120. The minimum Gasteiger partial charge on any atom is -0.318 e. The third-order valence-electron chi connectivity index (χ3n) is 5.00. The Morgan fingerprint density at radius 1 is 1.00 bits per heavy atom. The summed E-state index contributed by atoms with van der Waals surface area (Å²) >= 11 is 5.90. The first kappa shape index (κ1) is 19.0. The lowest BCUT2D eigenvalue weighted by atomic mass is 10.2. The summed E-state index contributed by atoms with van der Waals surface area (Å²) in [6.45, 7) is 4.21. The summed E-state index contributed by atoms with van der Waals surface area (Å²) in [4.78, 5) is 26.4. The molecule has 3 amide bonds. The van der Waals surface area contributed by atoms with Crippen molar-refractivity contribution in [1.29, 1.82) is 0 Å². The van der Waals surface area contributed by atoms with Crippen LogP contribution in [0.1, 0.15) is 22.5 Å². The van der Waals surface area contributed by atoms with Crippen molar-refractivity contribution in [1.82, 2.24) is 14.8 Å². The molecule has 0 aliphatic carbocycles. The fraction of sp³-hybridized carbons (Fsp3) is 0.130. The number of urea groups is 1. The van der Waals surface area contributed by atoms with Gasteiger partial charge in [0, 0.05) is 22.1 Å². The second-order valence-corrected chi connectivity index (χ2v) is 7.44. The molecule has 29 heavy (non-hydrogen) atoms. The van der Waals surface area contributed by atoms with Crippen molar-refractivity contribution < 1.29 is 9.59 Å². The van der Waals surface area contributed by atoms with Gasteiger partial charge in [0.15, 0.2) is 0 Å². The van der Waals surface area contributed by atoms with Gasteiger partial charge in [-0.1, -0.05) is 41.9 Å². The van der Waals surface area contributed by atoms with Crippen LogP contribution in [0.25, 0.3) is 11.8 Å². The van der Waals surface area contributed by atoms with Gasteiger partial charge < -0.3 is 9.88 Å². The number of aromatic nitrogens is 1. The normalized spacial score (nSPS) is 15.3. The lowest BCUT2D eigenvalue weighted by Gasteiger charge is -2.11. The molecule has 0 saturated carbocycles. The Morgan fingerprint density at radius 3 is 2.38 bits per heavy atom. The molecule has 2 heterocycles. The highest BCUT2D eigenvalue weighted by Gasteiger charge is 2.33. The SMILES string of the molecule is Cc1cc(C=C2NC(=O)N(Cc3ccc(Cl)cc3)C2=O)c(C)n1-c1ccccc1. The third kappa shape index (κ3) is 3.69. The highest BCUT2D eigenvalue weighted by molar-refractivity contribution is 6.30. The van der Waals surface area contributed by atoms with Crippen LogP contribution in [0.15, 0.2) is 66.4 Å². The van der Waals surface area contributed by atoms with E-state index in [-0.39, 0.29) is 18.1 Å². The molecule has 1 fully saturated rings. The predicted octanol–water partition coefficient (Wildman–Crippen LogP) is 4.84. The lowest BCUT2D eigenvalue weighted by Crippen LogP contribution is -2.30. The second-order valence-electron chi connectivity index (χ2n) is 7.00. The number of carbonyl (C=O) groups is 2. The molecule has 0 spiro atoms. The van der Waals surface area contributed by atoms with Crippen LogP contribution in [0.2, 0.25) is 5.02 Å². The van der Waals surface area contributed by atoms with Crippen molar-refractivity contribution in [2.75, 3.05) is 0 Å². The second kappa shape index (κ2) is 7.60. The van der Waals surface area contributed by atoms with E-state index in [2.05, 4.69) is 9.88 Å². The summed E-state index contributed by atoms with van der Waals surface area (Å²) in [7, 11) is 0. The highest BCUT2D eigenvalue weighted by atomic mass is 35.5. The van der Waals surface area contributed by atoms with Crippen molar-refractivity contribution in [2.24, 2.45) is 0 Å². The molecule has 3 aromatic rings. The number of carbonyl (C=O) groups excluding carboxylic acids is 2. The van der Waals surface area contributed by atoms with E-state index in [1.807, 2.05) is 50.2 Å². The molecule has 1 aliphatic rings. The number of hydrogen-bond donors (Lipinski definition) is 1. The van der Waals surface area contributed by atoms with E-state index in [1.54, 1.807) is 30.3 Å². The molecule has 1 aromatic heterocycles. The van der Waals surface area contributed by atoms with Crippen LogP contribution in [-0.4, -0.2) is 21.4 Å². The average Bonchev–Trinajstić information content (AvgIpc) is 3.14. The van der Waals surface area contributed by atoms with Gasteiger partial charge in [0.05, 0.1) is 6.54 Å². The number of amides is 3. The van der Waals surface area contributed by atoms with Crippen LogP contribution in [0.4, 0.5) is 4.79 Å². The van der Waals surface area contributed by atoms with E-state index < -0.39 is 6.03 Å². The zero-order chi connectivity index (χ0) is 20.5. The Hall–Kier alpha value is -3.31. The molecule has 1 saturated heterocycles. The maximum Gasteiger partial charge on any atom is 0.329 e. The van der Waals surface area contributed by atoms with Crippen LogP contribution >= 0.6 is 11.6 Å². The first-order valence-electron chi connectivity index (χ1n) is 9.27. The van der Waals surface area contributed by atoms with Gasteiger partial charge in [0.1, 0.15) is 5.70 Å². The molecule has 1 aliphatic heterocycles. The number of nitrogens with one attached hydrogen (secondary N) is 1. The molecule has 2 aromatic carbocycles. The number of aryl methyl sites for hydroxylation is 1. The Balaban J connectivity index is 1.62. The zero-order valence-electron chi connectivity index (χ0n) is 16.1. The van der Waals surface area contributed by atoms with Crippen LogP contribution in [0.3, 0.4) is 0 Å². The Kier molecular flexibility index (Phi) is 4.99. The van der Waals surface area contributed by atoms with Crippen molar-refractivity contribution in [3.8, 4) is 5.69 Å². The number of benzene rings is 2. The summed E-state index contributed by atoms with van der Waals surface area (Å²) in [6, 6.07) is 18.7. The zero-order valence-corrected chi connectivity index (χ0v) is 16.9. The fourth-order valence-electron chi connectivity index (χ4n) is 3.55. The summed E-state index contributed by atoms with van der Waals surface area (Å²) in [5.74, 6) is -0.338. The van der Waals surface area contributed by atoms with Gasteiger partial charge in [-0.15, -0.1) is 0 Å². The van der Waals surface area contributed by atoms with Crippen LogP contribution in [0, 0.1) is 13.8 Å². The molecule has 5 nitrogen and oxygen atoms in total. The summed E-state index contributed by atoms with van der Waals surface area (Å²) < 4.78 is 2.12. The quantitative estimate of drug-likeness (QED) is 0.498. The molecule has 0 unspecified atom stereocenters. The number of hydrogen-bond acceptors (Lipinski definition) is 2. The fourth-order valence-corrected chi connectivity index (χ4v) is 3.68. The molecule has 4 rings (SSSR count). The first-order valence-corrected chi connectivity index (χ1v) is 9.65. The van der Waals surface area contributed by atoms with Crippen molar-refractivity contribution in [3.63, 3.8) is 0 Å². The largest absolute Gasteiger partial charge is 0.329 e. The number of rotatable bonds is 4. The molecular weight excluding hydrogens is 386 g/mol. The monoisotopic (exact) mass is 405 g/mol. The predicted molar refractivity (Wildman–Crippen MR) is 114 cm³/mol. The molecule has 0 atom stereocenters. The smallest absolute Gasteiger partial charge is 0.318 e. The van der Waals surface area contributed by atoms with E-state index in [0.717, 1.165) is 28.2 Å². The van der Waals surface area contributed by atoms with Gasteiger partial charge in [-0.2, -0.15) is 0 Å². The molecule has 146 valence electrons. The van der Waals surface area contributed by atoms with Crippen molar-refractivity contribution in [3.05, 3.63) is 93.9 Å². The molecular formula is C23H20ClN3O2. The Morgan fingerprint density at radius 2 is 1.69 bits per heavy atom. The van der Waals surface area contributed by atoms with Crippen LogP contribution < -0.4 is 5.32 Å². The Labute approximate surface area is 174 Å². The number of halogens is 1. The highest BCUT2D eigenvalue weighted by Crippen LogP contribution is 2.24. The van der Waals surface area contributed by atoms with E-state index >= 15 is 0 Å². The molecule has 0 bridgehead atoms. The number of nitrogens with zero attached hydrogens (tertiary/aromatic N) is 2. The van der Waals surface area contributed by atoms with Gasteiger partial charge in [0.2, 0.25) is 0 Å². The molecule has 6 heteroatoms. The standard InChI is InChI=1S/C23H20ClN3O2/c1-15-12-18(16(2)27(15)20-6-4-3-5-7-20)13-21-22(28)26(23(29)25-21)14-17-8-10-19(24)11-9-17/h3-13H,14H2,1-2H3,(H,25,29). The van der Waals surface area contributed by atoms with E-state index in [9.17, 15) is 9.59 Å². The van der Waals surface area contributed by atoms with E-state index in [0.29, 0.717) is 5.02 Å². The van der Waals surface area contributed by atoms with E-state index in [4.69, 9.17) is 11.6 Å². The van der Waals surface area contributed by atoms with Gasteiger partial charge in [-0.25, -0.2) is 4.79 Å². The van der Waals surface area contributed by atoms with Crippen molar-refractivity contribution >= 4 is 29.6 Å².